The maximum atomic E-state index is 11.2. The molecule has 0 aromatic rings. The lowest BCUT2D eigenvalue weighted by atomic mass is 9.82. The van der Waals surface area contributed by atoms with E-state index in [-0.39, 0.29) is 11.7 Å². The van der Waals surface area contributed by atoms with Crippen LogP contribution >= 0.6 is 0 Å². The second-order valence-corrected chi connectivity index (χ2v) is 2.91. The lowest BCUT2D eigenvalue weighted by Gasteiger charge is -2.19. The summed E-state index contributed by atoms with van der Waals surface area (Å²) in [6.45, 7) is 1.94. The fourth-order valence-electron chi connectivity index (χ4n) is 1.59. The molecular formula is C9H12O2. The summed E-state index contributed by atoms with van der Waals surface area (Å²) in [5.41, 5.74) is 0.684. The van der Waals surface area contributed by atoms with Gasteiger partial charge in [0.05, 0.1) is 0 Å². The van der Waals surface area contributed by atoms with Gasteiger partial charge in [-0.2, -0.15) is 0 Å². The van der Waals surface area contributed by atoms with Gasteiger partial charge >= 0.3 is 0 Å². The highest BCUT2D eigenvalue weighted by Crippen LogP contribution is 2.26. The minimum absolute atomic E-state index is 0.110. The molecule has 2 nitrogen and oxygen atoms in total. The predicted octanol–water partition coefficient (Wildman–Crippen LogP) is 1.52. The van der Waals surface area contributed by atoms with E-state index in [4.69, 9.17) is 0 Å². The molecule has 0 bridgehead atoms. The van der Waals surface area contributed by atoms with Crippen molar-refractivity contribution < 1.29 is 9.59 Å². The topological polar surface area (TPSA) is 34.1 Å². The maximum absolute atomic E-state index is 11.2. The molecule has 0 aromatic carbocycles. The van der Waals surface area contributed by atoms with Gasteiger partial charge < -0.3 is 0 Å². The minimum atomic E-state index is -0.110. The molecule has 1 fully saturated rings. The van der Waals surface area contributed by atoms with E-state index in [1.54, 1.807) is 0 Å². The fourth-order valence-corrected chi connectivity index (χ4v) is 1.59. The van der Waals surface area contributed by atoms with Crippen LogP contribution in [-0.2, 0) is 9.59 Å². The van der Waals surface area contributed by atoms with Crippen LogP contribution in [0.25, 0.3) is 0 Å². The lowest BCUT2D eigenvalue weighted by molar-refractivity contribution is -0.122. The molecule has 11 heavy (non-hydrogen) atoms. The van der Waals surface area contributed by atoms with Gasteiger partial charge in [-0.25, -0.2) is 4.79 Å². The third-order valence-corrected chi connectivity index (χ3v) is 2.22. The van der Waals surface area contributed by atoms with Crippen molar-refractivity contribution in [2.75, 3.05) is 0 Å². The van der Waals surface area contributed by atoms with Gasteiger partial charge in [0, 0.05) is 17.9 Å². The zero-order valence-electron chi connectivity index (χ0n) is 6.72. The number of carbonyl (C=O) groups excluding carboxylic acids is 2. The minimum Gasteiger partial charge on any atom is -0.299 e. The molecule has 1 atom stereocenters. The van der Waals surface area contributed by atoms with Crippen molar-refractivity contribution >= 4 is 11.7 Å². The van der Waals surface area contributed by atoms with E-state index in [1.165, 1.54) is 0 Å². The first kappa shape index (κ1) is 8.22. The summed E-state index contributed by atoms with van der Waals surface area (Å²) in [5.74, 6) is 1.99. The van der Waals surface area contributed by atoms with Crippen LogP contribution in [0.2, 0.25) is 0 Å². The molecule has 60 valence electrons. The average Bonchev–Trinajstić information content (AvgIpc) is 2.04. The Morgan fingerprint density at radius 1 is 1.55 bits per heavy atom. The van der Waals surface area contributed by atoms with Crippen molar-refractivity contribution in [3.63, 3.8) is 0 Å². The van der Waals surface area contributed by atoms with Crippen LogP contribution in [0.1, 0.15) is 32.6 Å². The van der Waals surface area contributed by atoms with Gasteiger partial charge in [-0.3, -0.25) is 4.79 Å². The quantitative estimate of drug-likeness (QED) is 0.534. The highest BCUT2D eigenvalue weighted by atomic mass is 16.1. The summed E-state index contributed by atoms with van der Waals surface area (Å²) in [5, 5.41) is 0. The molecule has 2 heteroatoms. The lowest BCUT2D eigenvalue weighted by Crippen LogP contribution is -2.21. The van der Waals surface area contributed by atoms with E-state index in [0.29, 0.717) is 12.0 Å². The van der Waals surface area contributed by atoms with Crippen LogP contribution in [0.3, 0.4) is 0 Å². The van der Waals surface area contributed by atoms with Gasteiger partial charge in [0.1, 0.15) is 11.7 Å². The Hall–Kier alpha value is -0.880. The van der Waals surface area contributed by atoms with Crippen LogP contribution in [-0.4, -0.2) is 11.7 Å². The highest BCUT2D eigenvalue weighted by Gasteiger charge is 2.25. The van der Waals surface area contributed by atoms with E-state index in [1.807, 2.05) is 12.9 Å². The smallest absolute Gasteiger partial charge is 0.140 e. The Labute approximate surface area is 66.3 Å². The first-order valence-corrected chi connectivity index (χ1v) is 4.06. The monoisotopic (exact) mass is 152 g/mol. The molecule has 0 aliphatic heterocycles. The summed E-state index contributed by atoms with van der Waals surface area (Å²) in [7, 11) is 0. The first-order valence-electron chi connectivity index (χ1n) is 4.06. The van der Waals surface area contributed by atoms with Crippen LogP contribution in [0, 0.1) is 5.92 Å². The van der Waals surface area contributed by atoms with Gasteiger partial charge in [0.25, 0.3) is 0 Å². The summed E-state index contributed by atoms with van der Waals surface area (Å²) in [6, 6.07) is 0. The van der Waals surface area contributed by atoms with E-state index in [2.05, 4.69) is 0 Å². The van der Waals surface area contributed by atoms with Crippen LogP contribution in [0.15, 0.2) is 5.57 Å². The SMILES string of the molecule is CCC1C(=O)CCCC1=C=O. The first-order chi connectivity index (χ1) is 5.29. The zero-order valence-corrected chi connectivity index (χ0v) is 6.72. The molecule has 1 aliphatic carbocycles. The number of Topliss-reactive ketones (excluding diaryl/α,β-unsaturated/α-hetero) is 1. The second kappa shape index (κ2) is 3.49. The number of hydrogen-bond donors (Lipinski definition) is 0. The Kier molecular flexibility index (Phi) is 2.61. The fraction of sp³-hybridized carbons (Fsp3) is 0.667. The largest absolute Gasteiger partial charge is 0.299 e. The number of carbonyl (C=O) groups is 1. The number of hydrogen-bond acceptors (Lipinski definition) is 2. The third kappa shape index (κ3) is 1.58. The highest BCUT2D eigenvalue weighted by molar-refractivity contribution is 5.87. The molecule has 1 rings (SSSR count). The Morgan fingerprint density at radius 3 is 2.73 bits per heavy atom. The van der Waals surface area contributed by atoms with E-state index >= 15 is 0 Å². The molecule has 0 heterocycles. The normalized spacial score (nSPS) is 25.0. The van der Waals surface area contributed by atoms with Gasteiger partial charge in [0.2, 0.25) is 0 Å². The van der Waals surface area contributed by atoms with Gasteiger partial charge in [-0.05, 0) is 19.3 Å². The Morgan fingerprint density at radius 2 is 2.27 bits per heavy atom. The molecular weight excluding hydrogens is 140 g/mol. The molecule has 0 spiro atoms. The molecule has 1 unspecified atom stereocenters. The van der Waals surface area contributed by atoms with Crippen LogP contribution in [0.5, 0.6) is 0 Å². The summed E-state index contributed by atoms with van der Waals surface area (Å²) >= 11 is 0. The zero-order chi connectivity index (χ0) is 8.27. The van der Waals surface area contributed by atoms with Crippen molar-refractivity contribution in [1.29, 1.82) is 0 Å². The average molecular weight is 152 g/mol. The van der Waals surface area contributed by atoms with Gasteiger partial charge in [-0.15, -0.1) is 0 Å². The number of rotatable bonds is 1. The molecule has 1 saturated carbocycles. The van der Waals surface area contributed by atoms with Crippen LogP contribution < -0.4 is 0 Å². The Balaban J connectivity index is 2.80. The van der Waals surface area contributed by atoms with Gasteiger partial charge in [-0.1, -0.05) is 6.92 Å². The maximum Gasteiger partial charge on any atom is 0.140 e. The number of allylic oxidation sites excluding steroid dienone is 1. The van der Waals surface area contributed by atoms with Crippen molar-refractivity contribution in [2.45, 2.75) is 32.6 Å². The van der Waals surface area contributed by atoms with E-state index in [0.717, 1.165) is 19.3 Å². The van der Waals surface area contributed by atoms with Crippen LogP contribution in [0.4, 0.5) is 0 Å². The summed E-state index contributed by atoms with van der Waals surface area (Å²) < 4.78 is 0. The molecule has 0 amide bonds. The molecule has 0 radical (unpaired) electrons. The molecule has 0 saturated heterocycles. The third-order valence-electron chi connectivity index (χ3n) is 2.22. The molecule has 0 N–H and O–H groups in total. The summed E-state index contributed by atoms with van der Waals surface area (Å²) in [6.07, 6.45) is 3.00. The summed E-state index contributed by atoms with van der Waals surface area (Å²) in [4.78, 5) is 21.6. The second-order valence-electron chi connectivity index (χ2n) is 2.91. The van der Waals surface area contributed by atoms with Crippen molar-refractivity contribution in [1.82, 2.24) is 0 Å². The van der Waals surface area contributed by atoms with Gasteiger partial charge in [0.15, 0.2) is 0 Å². The Bertz CT molecular complexity index is 212. The van der Waals surface area contributed by atoms with E-state index < -0.39 is 0 Å². The predicted molar refractivity (Wildman–Crippen MR) is 41.8 cm³/mol. The van der Waals surface area contributed by atoms with E-state index in [9.17, 15) is 9.59 Å². The van der Waals surface area contributed by atoms with Crippen molar-refractivity contribution in [3.8, 4) is 0 Å². The van der Waals surface area contributed by atoms with Crippen molar-refractivity contribution in [2.24, 2.45) is 5.92 Å². The van der Waals surface area contributed by atoms with Crippen molar-refractivity contribution in [3.05, 3.63) is 5.57 Å². The molecule has 1 aliphatic rings. The molecule has 0 aromatic heterocycles. The standard InChI is InChI=1S/C9H12O2/c1-2-8-7(6-10)4-3-5-9(8)11/h8H,2-5H2,1H3. The number of ketones is 1.